The van der Waals surface area contributed by atoms with Crippen molar-refractivity contribution in [1.29, 1.82) is 0 Å². The van der Waals surface area contributed by atoms with Crippen LogP contribution >= 0.6 is 0 Å². The normalized spacial score (nSPS) is 10.8. The summed E-state index contributed by atoms with van der Waals surface area (Å²) in [5.41, 5.74) is 4.91. The number of hydrogen-bond donors (Lipinski definition) is 3. The third-order valence-electron chi connectivity index (χ3n) is 5.99. The van der Waals surface area contributed by atoms with E-state index in [0.717, 1.165) is 35.5 Å². The summed E-state index contributed by atoms with van der Waals surface area (Å²) in [6, 6.07) is 20.7. The van der Waals surface area contributed by atoms with Crippen LogP contribution in [0.1, 0.15) is 27.7 Å². The summed E-state index contributed by atoms with van der Waals surface area (Å²) in [6.07, 6.45) is 5.30. The monoisotopic (exact) mass is 537 g/mol. The lowest BCUT2D eigenvalue weighted by molar-refractivity contribution is 0.262. The van der Waals surface area contributed by atoms with Crippen LogP contribution in [0.25, 0.3) is 22.5 Å². The van der Waals surface area contributed by atoms with E-state index in [9.17, 15) is 4.79 Å². The number of carbonyl (C=O) groups excluding carboxylic acids is 1. The molecule has 9 heteroatoms. The number of hydrogen-bond acceptors (Lipinski definition) is 6. The lowest BCUT2D eigenvalue weighted by atomic mass is 9.97. The van der Waals surface area contributed by atoms with Gasteiger partial charge in [0.05, 0.1) is 11.4 Å². The largest absolute Gasteiger partial charge is 0.481 e. The number of benzene rings is 3. The van der Waals surface area contributed by atoms with Crippen LogP contribution < -0.4 is 20.3 Å². The molecular weight excluding hydrogens is 502 g/mol. The third-order valence-corrected chi connectivity index (χ3v) is 5.99. The minimum absolute atomic E-state index is 0.151. The molecule has 4 aromatic rings. The molecule has 40 heavy (non-hydrogen) atoms. The minimum Gasteiger partial charge on any atom is -0.481 e. The second-order valence-electron chi connectivity index (χ2n) is 10.3. The van der Waals surface area contributed by atoms with Gasteiger partial charge in [-0.25, -0.2) is 4.79 Å². The SMILES string of the molecule is C#CCOc1cccc(NC(=O)Nc2cc(-c3ccccc3-c3nn[nH]n3)ccc2N(CC(C)C)CC(C)C)c1. The molecule has 0 aliphatic heterocycles. The molecule has 0 saturated heterocycles. The zero-order valence-corrected chi connectivity index (χ0v) is 23.3. The van der Waals surface area contributed by atoms with Crippen LogP contribution in [0.3, 0.4) is 0 Å². The van der Waals surface area contributed by atoms with E-state index in [1.807, 2.05) is 30.3 Å². The van der Waals surface area contributed by atoms with Gasteiger partial charge in [0, 0.05) is 30.4 Å². The molecule has 1 aromatic heterocycles. The maximum absolute atomic E-state index is 13.3. The van der Waals surface area contributed by atoms with E-state index in [-0.39, 0.29) is 12.6 Å². The van der Waals surface area contributed by atoms with Gasteiger partial charge >= 0.3 is 6.03 Å². The predicted octanol–water partition coefficient (Wildman–Crippen LogP) is 6.31. The van der Waals surface area contributed by atoms with E-state index in [2.05, 4.69) is 81.9 Å². The summed E-state index contributed by atoms with van der Waals surface area (Å²) in [5, 5.41) is 20.6. The molecule has 0 spiro atoms. The fourth-order valence-electron chi connectivity index (χ4n) is 4.51. The standard InChI is InChI=1S/C31H35N7O2/c1-6-16-40-25-11-9-10-24(18-25)32-31(39)33-28-17-23(14-15-29(28)38(19-21(2)3)20-22(4)5)26-12-7-8-13-27(26)30-34-36-37-35-30/h1,7-15,17-18,21-22H,16,19-20H2,2-5H3,(H2,32,33,39)(H,34,35,36,37). The maximum Gasteiger partial charge on any atom is 0.323 e. The Labute approximate surface area is 235 Å². The fraction of sp³-hybridized carbons (Fsp3) is 0.290. The van der Waals surface area contributed by atoms with E-state index in [0.29, 0.717) is 34.8 Å². The third kappa shape index (κ3) is 7.38. The molecule has 0 radical (unpaired) electrons. The summed E-state index contributed by atoms with van der Waals surface area (Å²) in [4.78, 5) is 15.6. The molecule has 0 aliphatic rings. The van der Waals surface area contributed by atoms with Crippen molar-refractivity contribution in [2.24, 2.45) is 11.8 Å². The van der Waals surface area contributed by atoms with E-state index in [1.165, 1.54) is 0 Å². The summed E-state index contributed by atoms with van der Waals surface area (Å²) in [6.45, 7) is 10.6. The molecule has 206 valence electrons. The number of terminal acetylenes is 1. The van der Waals surface area contributed by atoms with Gasteiger partial charge in [0.1, 0.15) is 12.4 Å². The Kier molecular flexibility index (Phi) is 9.36. The zero-order valence-electron chi connectivity index (χ0n) is 23.3. The Balaban J connectivity index is 1.70. The van der Waals surface area contributed by atoms with Gasteiger partial charge in [0.2, 0.25) is 5.82 Å². The topological polar surface area (TPSA) is 108 Å². The van der Waals surface area contributed by atoms with Crippen LogP contribution in [-0.2, 0) is 0 Å². The summed E-state index contributed by atoms with van der Waals surface area (Å²) in [5.74, 6) is 4.39. The van der Waals surface area contributed by atoms with Crippen LogP contribution in [0, 0.1) is 24.2 Å². The number of amides is 2. The van der Waals surface area contributed by atoms with E-state index < -0.39 is 0 Å². The Morgan fingerprint density at radius 3 is 2.40 bits per heavy atom. The summed E-state index contributed by atoms with van der Waals surface area (Å²) in [7, 11) is 0. The first kappa shape index (κ1) is 28.2. The highest BCUT2D eigenvalue weighted by Gasteiger charge is 2.19. The number of ether oxygens (including phenoxy) is 1. The molecule has 2 amide bonds. The van der Waals surface area contributed by atoms with Crippen molar-refractivity contribution >= 4 is 23.1 Å². The quantitative estimate of drug-likeness (QED) is 0.194. The number of nitrogens with zero attached hydrogens (tertiary/aromatic N) is 4. The molecule has 0 atom stereocenters. The van der Waals surface area contributed by atoms with Gasteiger partial charge < -0.3 is 20.3 Å². The molecule has 4 rings (SSSR count). The molecule has 3 aromatic carbocycles. The first-order valence-corrected chi connectivity index (χ1v) is 13.3. The van der Waals surface area contributed by atoms with Crippen molar-refractivity contribution in [1.82, 2.24) is 20.6 Å². The number of aromatic amines is 1. The molecule has 3 N–H and O–H groups in total. The van der Waals surface area contributed by atoms with Gasteiger partial charge in [-0.15, -0.1) is 16.6 Å². The average molecular weight is 538 g/mol. The number of aromatic nitrogens is 4. The van der Waals surface area contributed by atoms with Gasteiger partial charge in [-0.05, 0) is 52.4 Å². The first-order chi connectivity index (χ1) is 19.3. The van der Waals surface area contributed by atoms with Gasteiger partial charge in [0.25, 0.3) is 0 Å². The van der Waals surface area contributed by atoms with Gasteiger partial charge in [-0.1, -0.05) is 70.0 Å². The smallest absolute Gasteiger partial charge is 0.323 e. The molecule has 0 saturated carbocycles. The highest BCUT2D eigenvalue weighted by Crippen LogP contribution is 2.36. The highest BCUT2D eigenvalue weighted by atomic mass is 16.5. The number of H-pyrrole nitrogens is 1. The Morgan fingerprint density at radius 2 is 1.73 bits per heavy atom. The highest BCUT2D eigenvalue weighted by molar-refractivity contribution is 6.02. The average Bonchev–Trinajstić information content (AvgIpc) is 3.46. The number of rotatable bonds is 11. The van der Waals surface area contributed by atoms with Crippen molar-refractivity contribution < 1.29 is 9.53 Å². The molecule has 9 nitrogen and oxygen atoms in total. The molecular formula is C31H35N7O2. The molecule has 0 fully saturated rings. The zero-order chi connectivity index (χ0) is 28.5. The fourth-order valence-corrected chi connectivity index (χ4v) is 4.51. The molecule has 0 unspecified atom stereocenters. The van der Waals surface area contributed by atoms with Crippen molar-refractivity contribution in [2.75, 3.05) is 35.2 Å². The second-order valence-corrected chi connectivity index (χ2v) is 10.3. The van der Waals surface area contributed by atoms with E-state index >= 15 is 0 Å². The van der Waals surface area contributed by atoms with Crippen LogP contribution in [0.2, 0.25) is 0 Å². The Hall–Kier alpha value is -4.84. The number of anilines is 3. The lowest BCUT2D eigenvalue weighted by Crippen LogP contribution is -2.32. The van der Waals surface area contributed by atoms with Crippen molar-refractivity contribution in [3.8, 4) is 40.6 Å². The van der Waals surface area contributed by atoms with Crippen molar-refractivity contribution in [2.45, 2.75) is 27.7 Å². The van der Waals surface area contributed by atoms with E-state index in [4.69, 9.17) is 11.2 Å². The number of urea groups is 1. The maximum atomic E-state index is 13.3. The lowest BCUT2D eigenvalue weighted by Gasteiger charge is -2.31. The summed E-state index contributed by atoms with van der Waals surface area (Å²) >= 11 is 0. The van der Waals surface area contributed by atoms with Gasteiger partial charge in [-0.3, -0.25) is 0 Å². The predicted molar refractivity (Wildman–Crippen MR) is 160 cm³/mol. The van der Waals surface area contributed by atoms with Gasteiger partial charge in [0.15, 0.2) is 0 Å². The second kappa shape index (κ2) is 13.3. The molecule has 1 heterocycles. The van der Waals surface area contributed by atoms with Crippen LogP contribution in [-0.4, -0.2) is 46.4 Å². The number of carbonyl (C=O) groups is 1. The Morgan fingerprint density at radius 1 is 0.975 bits per heavy atom. The van der Waals surface area contributed by atoms with E-state index in [1.54, 1.807) is 24.3 Å². The molecule has 0 bridgehead atoms. The number of tetrazole rings is 1. The van der Waals surface area contributed by atoms with Crippen LogP contribution in [0.5, 0.6) is 5.75 Å². The van der Waals surface area contributed by atoms with Crippen LogP contribution in [0.4, 0.5) is 21.9 Å². The van der Waals surface area contributed by atoms with Crippen LogP contribution in [0.15, 0.2) is 66.7 Å². The van der Waals surface area contributed by atoms with Crippen molar-refractivity contribution in [3.05, 3.63) is 66.7 Å². The minimum atomic E-state index is -0.368. The van der Waals surface area contributed by atoms with Crippen molar-refractivity contribution in [3.63, 3.8) is 0 Å². The molecule has 0 aliphatic carbocycles. The Bertz CT molecular complexity index is 1450. The summed E-state index contributed by atoms with van der Waals surface area (Å²) < 4.78 is 5.50. The number of nitrogens with one attached hydrogen (secondary N) is 3. The van der Waals surface area contributed by atoms with Gasteiger partial charge in [-0.2, -0.15) is 5.21 Å². The first-order valence-electron chi connectivity index (χ1n) is 13.3.